The highest BCUT2D eigenvalue weighted by atomic mass is 35.5. The fourth-order valence-electron chi connectivity index (χ4n) is 1.81. The summed E-state index contributed by atoms with van der Waals surface area (Å²) < 4.78 is 5.97. The number of rotatable bonds is 8. The van der Waals surface area contributed by atoms with Gasteiger partial charge in [-0.25, -0.2) is 0 Å². The summed E-state index contributed by atoms with van der Waals surface area (Å²) in [7, 11) is 0. The summed E-state index contributed by atoms with van der Waals surface area (Å²) in [4.78, 5) is 0. The maximum Gasteiger partial charge on any atom is 0.138 e. The summed E-state index contributed by atoms with van der Waals surface area (Å²) in [5, 5.41) is 4.62. The van der Waals surface area contributed by atoms with E-state index in [0.29, 0.717) is 21.7 Å². The average molecular weight is 304 g/mol. The van der Waals surface area contributed by atoms with Crippen LogP contribution in [-0.2, 0) is 0 Å². The zero-order valence-corrected chi connectivity index (χ0v) is 13.4. The molecule has 0 heterocycles. The molecule has 0 aliphatic rings. The molecule has 0 spiro atoms. The predicted molar refractivity (Wildman–Crippen MR) is 83.5 cm³/mol. The Morgan fingerprint density at radius 1 is 1.21 bits per heavy atom. The van der Waals surface area contributed by atoms with Gasteiger partial charge >= 0.3 is 0 Å². The fraction of sp³-hybridized carbons (Fsp3) is 0.600. The van der Waals surface area contributed by atoms with Crippen LogP contribution in [0.15, 0.2) is 18.2 Å². The molecular weight excluding hydrogens is 281 g/mol. The summed E-state index contributed by atoms with van der Waals surface area (Å²) in [6.07, 6.45) is 2.23. The highest BCUT2D eigenvalue weighted by Crippen LogP contribution is 2.28. The lowest BCUT2D eigenvalue weighted by atomic mass is 10.2. The molecule has 1 rings (SSSR count). The van der Waals surface area contributed by atoms with E-state index in [2.05, 4.69) is 26.1 Å². The van der Waals surface area contributed by atoms with Crippen LogP contribution in [0.4, 0.5) is 0 Å². The highest BCUT2D eigenvalue weighted by molar-refractivity contribution is 6.35. The van der Waals surface area contributed by atoms with Crippen molar-refractivity contribution in [3.8, 4) is 5.75 Å². The van der Waals surface area contributed by atoms with Gasteiger partial charge in [-0.2, -0.15) is 0 Å². The number of hydrogen-bond donors (Lipinski definition) is 1. The molecule has 1 unspecified atom stereocenters. The molecule has 19 heavy (non-hydrogen) atoms. The minimum Gasteiger partial charge on any atom is -0.488 e. The van der Waals surface area contributed by atoms with Gasteiger partial charge in [0.25, 0.3) is 0 Å². The van der Waals surface area contributed by atoms with E-state index in [-0.39, 0.29) is 6.10 Å². The molecular formula is C15H23Cl2NO. The van der Waals surface area contributed by atoms with E-state index in [1.54, 1.807) is 12.1 Å². The molecule has 108 valence electrons. The average Bonchev–Trinajstić information content (AvgIpc) is 2.32. The minimum absolute atomic E-state index is 0.141. The molecule has 0 amide bonds. The summed E-state index contributed by atoms with van der Waals surface area (Å²) in [5.41, 5.74) is 0. The van der Waals surface area contributed by atoms with E-state index in [9.17, 15) is 0 Å². The molecule has 0 saturated heterocycles. The first-order valence-electron chi connectivity index (χ1n) is 6.85. The van der Waals surface area contributed by atoms with Gasteiger partial charge in [-0.15, -0.1) is 0 Å². The summed E-state index contributed by atoms with van der Waals surface area (Å²) >= 11 is 12.0. The van der Waals surface area contributed by atoms with Crippen LogP contribution in [-0.4, -0.2) is 19.2 Å². The van der Waals surface area contributed by atoms with E-state index in [1.165, 1.54) is 0 Å². The largest absolute Gasteiger partial charge is 0.488 e. The fourth-order valence-corrected chi connectivity index (χ4v) is 2.26. The van der Waals surface area contributed by atoms with Gasteiger partial charge < -0.3 is 10.1 Å². The smallest absolute Gasteiger partial charge is 0.138 e. The first-order valence-corrected chi connectivity index (χ1v) is 7.61. The summed E-state index contributed by atoms with van der Waals surface area (Å²) in [6, 6.07) is 5.34. The third-order valence-corrected chi connectivity index (χ3v) is 3.25. The van der Waals surface area contributed by atoms with Crippen molar-refractivity contribution in [2.45, 2.75) is 39.7 Å². The normalized spacial score (nSPS) is 12.7. The second-order valence-electron chi connectivity index (χ2n) is 5.16. The Morgan fingerprint density at radius 3 is 2.53 bits per heavy atom. The van der Waals surface area contributed by atoms with Crippen molar-refractivity contribution in [2.75, 3.05) is 13.1 Å². The zero-order chi connectivity index (χ0) is 14.3. The Labute approximate surface area is 126 Å². The maximum atomic E-state index is 6.13. The van der Waals surface area contributed by atoms with Crippen molar-refractivity contribution < 1.29 is 4.74 Å². The van der Waals surface area contributed by atoms with Gasteiger partial charge in [-0.3, -0.25) is 0 Å². The second-order valence-corrected chi connectivity index (χ2v) is 6.00. The van der Waals surface area contributed by atoms with Crippen LogP contribution >= 0.6 is 23.2 Å². The van der Waals surface area contributed by atoms with Gasteiger partial charge in [-0.1, -0.05) is 50.4 Å². The van der Waals surface area contributed by atoms with Gasteiger partial charge in [0.2, 0.25) is 0 Å². The van der Waals surface area contributed by atoms with Crippen LogP contribution < -0.4 is 10.1 Å². The van der Waals surface area contributed by atoms with Crippen LogP contribution in [0.1, 0.15) is 33.6 Å². The van der Waals surface area contributed by atoms with Gasteiger partial charge in [0, 0.05) is 11.6 Å². The van der Waals surface area contributed by atoms with Gasteiger partial charge in [0.1, 0.15) is 11.9 Å². The van der Waals surface area contributed by atoms with Crippen LogP contribution in [0.3, 0.4) is 0 Å². The molecule has 1 aromatic rings. The SMILES string of the molecule is CCCC(CNCC(C)C)Oc1ccc(Cl)cc1Cl. The van der Waals surface area contributed by atoms with Gasteiger partial charge in [-0.05, 0) is 37.1 Å². The lowest BCUT2D eigenvalue weighted by Crippen LogP contribution is -2.33. The van der Waals surface area contributed by atoms with Crippen molar-refractivity contribution in [3.63, 3.8) is 0 Å². The molecule has 0 radical (unpaired) electrons. The van der Waals surface area contributed by atoms with Crippen molar-refractivity contribution in [2.24, 2.45) is 5.92 Å². The zero-order valence-electron chi connectivity index (χ0n) is 11.9. The standard InChI is InChI=1S/C15H23Cl2NO/c1-4-5-13(10-18-9-11(2)3)19-15-7-6-12(16)8-14(15)17/h6-8,11,13,18H,4-5,9-10H2,1-3H3. The Bertz CT molecular complexity index is 382. The summed E-state index contributed by atoms with van der Waals surface area (Å²) in [6.45, 7) is 8.38. The number of benzene rings is 1. The third kappa shape index (κ3) is 6.51. The number of halogens is 2. The molecule has 1 aromatic carbocycles. The van der Waals surface area contributed by atoms with E-state index in [0.717, 1.165) is 25.9 Å². The monoisotopic (exact) mass is 303 g/mol. The molecule has 0 bridgehead atoms. The number of ether oxygens (including phenoxy) is 1. The van der Waals surface area contributed by atoms with E-state index in [4.69, 9.17) is 27.9 Å². The lowest BCUT2D eigenvalue weighted by molar-refractivity contribution is 0.185. The van der Waals surface area contributed by atoms with E-state index < -0.39 is 0 Å². The molecule has 0 fully saturated rings. The Kier molecular flexibility index (Phi) is 7.59. The second kappa shape index (κ2) is 8.68. The van der Waals surface area contributed by atoms with Crippen LogP contribution in [0.5, 0.6) is 5.75 Å². The van der Waals surface area contributed by atoms with Crippen LogP contribution in [0.25, 0.3) is 0 Å². The molecule has 0 aliphatic heterocycles. The first kappa shape index (κ1) is 16.6. The number of hydrogen-bond acceptors (Lipinski definition) is 2. The van der Waals surface area contributed by atoms with Crippen molar-refractivity contribution in [3.05, 3.63) is 28.2 Å². The molecule has 0 saturated carbocycles. The summed E-state index contributed by atoms with van der Waals surface area (Å²) in [5.74, 6) is 1.34. The van der Waals surface area contributed by atoms with Crippen molar-refractivity contribution >= 4 is 23.2 Å². The Hall–Kier alpha value is -0.440. The Balaban J connectivity index is 2.56. The number of nitrogens with one attached hydrogen (secondary N) is 1. The topological polar surface area (TPSA) is 21.3 Å². The van der Waals surface area contributed by atoms with E-state index >= 15 is 0 Å². The highest BCUT2D eigenvalue weighted by Gasteiger charge is 2.12. The van der Waals surface area contributed by atoms with Crippen molar-refractivity contribution in [1.82, 2.24) is 5.32 Å². The minimum atomic E-state index is 0.141. The quantitative estimate of drug-likeness (QED) is 0.746. The lowest BCUT2D eigenvalue weighted by Gasteiger charge is -2.20. The van der Waals surface area contributed by atoms with Gasteiger partial charge in [0.05, 0.1) is 5.02 Å². The predicted octanol–water partition coefficient (Wildman–Crippen LogP) is 4.79. The molecule has 0 aromatic heterocycles. The Morgan fingerprint density at radius 2 is 1.95 bits per heavy atom. The maximum absolute atomic E-state index is 6.13. The first-order chi connectivity index (χ1) is 9.02. The van der Waals surface area contributed by atoms with Crippen LogP contribution in [0, 0.1) is 5.92 Å². The molecule has 4 heteroatoms. The molecule has 1 atom stereocenters. The molecule has 0 aliphatic carbocycles. The van der Waals surface area contributed by atoms with E-state index in [1.807, 2.05) is 6.07 Å². The molecule has 1 N–H and O–H groups in total. The van der Waals surface area contributed by atoms with Crippen LogP contribution in [0.2, 0.25) is 10.0 Å². The third-order valence-electron chi connectivity index (χ3n) is 2.72. The molecule has 2 nitrogen and oxygen atoms in total. The van der Waals surface area contributed by atoms with Gasteiger partial charge in [0.15, 0.2) is 0 Å². The van der Waals surface area contributed by atoms with Crippen molar-refractivity contribution in [1.29, 1.82) is 0 Å².